The van der Waals surface area contributed by atoms with Crippen molar-refractivity contribution in [1.82, 2.24) is 10.2 Å². The number of nitrogens with one attached hydrogen (secondary N) is 2. The highest BCUT2D eigenvalue weighted by Crippen LogP contribution is 2.19. The number of aryl methyl sites for hydroxylation is 1. The van der Waals surface area contributed by atoms with Gasteiger partial charge < -0.3 is 15.5 Å². The molecule has 0 aromatic heterocycles. The monoisotopic (exact) mass is 303 g/mol. The SMILES string of the molecule is Cc1cccc(NC(=O)N2CCCC2C(=O)NCC(C)C)c1. The molecule has 1 heterocycles. The summed E-state index contributed by atoms with van der Waals surface area (Å²) in [6.45, 7) is 7.35. The normalized spacial score (nSPS) is 17.6. The fourth-order valence-electron chi connectivity index (χ4n) is 2.62. The van der Waals surface area contributed by atoms with E-state index in [1.807, 2.05) is 31.2 Å². The molecule has 1 aliphatic rings. The molecule has 1 aliphatic heterocycles. The molecule has 0 radical (unpaired) electrons. The summed E-state index contributed by atoms with van der Waals surface area (Å²) in [5.41, 5.74) is 1.85. The molecule has 3 amide bonds. The second kappa shape index (κ2) is 7.29. The summed E-state index contributed by atoms with van der Waals surface area (Å²) in [6, 6.07) is 7.10. The molecular weight excluding hydrogens is 278 g/mol. The first-order chi connectivity index (χ1) is 10.5. The lowest BCUT2D eigenvalue weighted by Gasteiger charge is -2.24. The Balaban J connectivity index is 1.97. The van der Waals surface area contributed by atoms with Crippen molar-refractivity contribution < 1.29 is 9.59 Å². The Hall–Kier alpha value is -2.04. The van der Waals surface area contributed by atoms with Crippen LogP contribution in [0.15, 0.2) is 24.3 Å². The molecule has 2 rings (SSSR count). The van der Waals surface area contributed by atoms with E-state index in [1.165, 1.54) is 0 Å². The van der Waals surface area contributed by atoms with Crippen LogP contribution < -0.4 is 10.6 Å². The zero-order chi connectivity index (χ0) is 16.1. The van der Waals surface area contributed by atoms with Gasteiger partial charge in [0.2, 0.25) is 5.91 Å². The predicted octanol–water partition coefficient (Wildman–Crippen LogP) is 2.76. The number of carbonyl (C=O) groups is 2. The molecule has 2 N–H and O–H groups in total. The van der Waals surface area contributed by atoms with Crippen LogP contribution in [0, 0.1) is 12.8 Å². The van der Waals surface area contributed by atoms with E-state index in [-0.39, 0.29) is 18.0 Å². The Bertz CT molecular complexity index is 542. The van der Waals surface area contributed by atoms with Crippen LogP contribution in [-0.4, -0.2) is 36.0 Å². The molecule has 1 aromatic carbocycles. The van der Waals surface area contributed by atoms with Gasteiger partial charge in [-0.2, -0.15) is 0 Å². The average molecular weight is 303 g/mol. The van der Waals surface area contributed by atoms with E-state index in [0.717, 1.165) is 24.1 Å². The predicted molar refractivity (Wildman–Crippen MR) is 87.8 cm³/mol. The molecule has 1 unspecified atom stereocenters. The van der Waals surface area contributed by atoms with E-state index < -0.39 is 0 Å². The van der Waals surface area contributed by atoms with Gasteiger partial charge in [-0.1, -0.05) is 26.0 Å². The Labute approximate surface area is 132 Å². The van der Waals surface area contributed by atoms with Crippen molar-refractivity contribution in [3.05, 3.63) is 29.8 Å². The smallest absolute Gasteiger partial charge is 0.322 e. The Morgan fingerprint density at radius 1 is 1.36 bits per heavy atom. The quantitative estimate of drug-likeness (QED) is 0.898. The van der Waals surface area contributed by atoms with Crippen molar-refractivity contribution in [2.75, 3.05) is 18.4 Å². The zero-order valence-electron chi connectivity index (χ0n) is 13.6. The second-order valence-electron chi connectivity index (χ2n) is 6.29. The van der Waals surface area contributed by atoms with E-state index >= 15 is 0 Å². The van der Waals surface area contributed by atoms with Crippen molar-refractivity contribution in [2.24, 2.45) is 5.92 Å². The largest absolute Gasteiger partial charge is 0.354 e. The lowest BCUT2D eigenvalue weighted by Crippen LogP contribution is -2.48. The molecule has 1 atom stereocenters. The number of carbonyl (C=O) groups excluding carboxylic acids is 2. The van der Waals surface area contributed by atoms with Crippen LogP contribution in [0.25, 0.3) is 0 Å². The lowest BCUT2D eigenvalue weighted by molar-refractivity contribution is -0.124. The third kappa shape index (κ3) is 4.23. The van der Waals surface area contributed by atoms with Crippen LogP contribution in [0.4, 0.5) is 10.5 Å². The maximum absolute atomic E-state index is 12.4. The van der Waals surface area contributed by atoms with Crippen molar-refractivity contribution >= 4 is 17.6 Å². The maximum atomic E-state index is 12.4. The highest BCUT2D eigenvalue weighted by atomic mass is 16.2. The number of anilines is 1. The molecule has 0 bridgehead atoms. The van der Waals surface area contributed by atoms with E-state index in [1.54, 1.807) is 4.90 Å². The minimum absolute atomic E-state index is 0.0504. The van der Waals surface area contributed by atoms with Gasteiger partial charge in [-0.25, -0.2) is 4.79 Å². The van der Waals surface area contributed by atoms with E-state index in [0.29, 0.717) is 19.0 Å². The molecule has 5 heteroatoms. The number of amides is 3. The van der Waals surface area contributed by atoms with Crippen LogP contribution in [0.1, 0.15) is 32.3 Å². The minimum Gasteiger partial charge on any atom is -0.354 e. The number of hydrogen-bond acceptors (Lipinski definition) is 2. The van der Waals surface area contributed by atoms with Crippen LogP contribution in [-0.2, 0) is 4.79 Å². The lowest BCUT2D eigenvalue weighted by atomic mass is 10.2. The van der Waals surface area contributed by atoms with Gasteiger partial charge in [-0.15, -0.1) is 0 Å². The fraction of sp³-hybridized carbons (Fsp3) is 0.529. The summed E-state index contributed by atoms with van der Waals surface area (Å²) in [7, 11) is 0. The fourth-order valence-corrected chi connectivity index (χ4v) is 2.62. The summed E-state index contributed by atoms with van der Waals surface area (Å²) in [5, 5.41) is 5.80. The molecule has 1 fully saturated rings. The van der Waals surface area contributed by atoms with Crippen LogP contribution in [0.2, 0.25) is 0 Å². The minimum atomic E-state index is -0.358. The van der Waals surface area contributed by atoms with Crippen molar-refractivity contribution in [3.8, 4) is 0 Å². The van der Waals surface area contributed by atoms with Gasteiger partial charge in [-0.05, 0) is 43.4 Å². The zero-order valence-corrected chi connectivity index (χ0v) is 13.6. The van der Waals surface area contributed by atoms with Crippen molar-refractivity contribution in [2.45, 2.75) is 39.7 Å². The molecule has 0 spiro atoms. The second-order valence-corrected chi connectivity index (χ2v) is 6.29. The number of benzene rings is 1. The summed E-state index contributed by atoms with van der Waals surface area (Å²) >= 11 is 0. The molecule has 0 aliphatic carbocycles. The molecular formula is C17H25N3O2. The Morgan fingerprint density at radius 2 is 2.14 bits per heavy atom. The van der Waals surface area contributed by atoms with Gasteiger partial charge in [0, 0.05) is 18.8 Å². The first-order valence-corrected chi connectivity index (χ1v) is 7.89. The topological polar surface area (TPSA) is 61.4 Å². The number of urea groups is 1. The maximum Gasteiger partial charge on any atom is 0.322 e. The summed E-state index contributed by atoms with van der Waals surface area (Å²) in [4.78, 5) is 26.3. The summed E-state index contributed by atoms with van der Waals surface area (Å²) < 4.78 is 0. The third-order valence-corrected chi connectivity index (χ3v) is 3.77. The molecule has 0 saturated carbocycles. The van der Waals surface area contributed by atoms with E-state index in [4.69, 9.17) is 0 Å². The van der Waals surface area contributed by atoms with Crippen molar-refractivity contribution in [1.29, 1.82) is 0 Å². The van der Waals surface area contributed by atoms with Gasteiger partial charge >= 0.3 is 6.03 Å². The van der Waals surface area contributed by atoms with E-state index in [2.05, 4.69) is 24.5 Å². The highest BCUT2D eigenvalue weighted by Gasteiger charge is 2.34. The molecule has 120 valence electrons. The number of likely N-dealkylation sites (tertiary alicyclic amines) is 1. The number of nitrogens with zero attached hydrogens (tertiary/aromatic N) is 1. The molecule has 1 aromatic rings. The summed E-state index contributed by atoms with van der Waals surface area (Å²) in [6.07, 6.45) is 1.59. The standard InChI is InChI=1S/C17H25N3O2/c1-12(2)11-18-16(21)15-8-5-9-20(15)17(22)19-14-7-4-6-13(3)10-14/h4,6-7,10,12,15H,5,8-9,11H2,1-3H3,(H,18,21)(H,19,22). The van der Waals surface area contributed by atoms with Gasteiger partial charge in [0.15, 0.2) is 0 Å². The van der Waals surface area contributed by atoms with Crippen LogP contribution >= 0.6 is 0 Å². The first-order valence-electron chi connectivity index (χ1n) is 7.89. The first kappa shape index (κ1) is 16.3. The Morgan fingerprint density at radius 3 is 2.82 bits per heavy atom. The van der Waals surface area contributed by atoms with Gasteiger partial charge in [0.1, 0.15) is 6.04 Å². The summed E-state index contributed by atoms with van der Waals surface area (Å²) in [5.74, 6) is 0.352. The molecule has 22 heavy (non-hydrogen) atoms. The number of rotatable bonds is 4. The van der Waals surface area contributed by atoms with Crippen LogP contribution in [0.3, 0.4) is 0 Å². The third-order valence-electron chi connectivity index (χ3n) is 3.77. The number of hydrogen-bond donors (Lipinski definition) is 2. The van der Waals surface area contributed by atoms with Gasteiger partial charge in [-0.3, -0.25) is 4.79 Å². The molecule has 1 saturated heterocycles. The average Bonchev–Trinajstić information content (AvgIpc) is 2.94. The van der Waals surface area contributed by atoms with Crippen LogP contribution in [0.5, 0.6) is 0 Å². The van der Waals surface area contributed by atoms with Crippen molar-refractivity contribution in [3.63, 3.8) is 0 Å². The molecule has 5 nitrogen and oxygen atoms in total. The van der Waals surface area contributed by atoms with Gasteiger partial charge in [0.25, 0.3) is 0 Å². The van der Waals surface area contributed by atoms with Gasteiger partial charge in [0.05, 0.1) is 0 Å². The Kier molecular flexibility index (Phi) is 5.41. The highest BCUT2D eigenvalue weighted by molar-refractivity contribution is 5.94. The van der Waals surface area contributed by atoms with E-state index in [9.17, 15) is 9.59 Å².